The van der Waals surface area contributed by atoms with Gasteiger partial charge >= 0.3 is 0 Å². The van der Waals surface area contributed by atoms with Crippen LogP contribution in [0, 0.1) is 11.6 Å². The van der Waals surface area contributed by atoms with Crippen molar-refractivity contribution in [3.05, 3.63) is 35.4 Å². The van der Waals surface area contributed by atoms with Gasteiger partial charge in [0.25, 0.3) is 0 Å². The molecule has 114 valence electrons. The molecule has 1 atom stereocenters. The zero-order valence-electron chi connectivity index (χ0n) is 11.6. The van der Waals surface area contributed by atoms with E-state index in [0.717, 1.165) is 6.07 Å². The highest BCUT2D eigenvalue weighted by Gasteiger charge is 2.06. The monoisotopic (exact) mass is 289 g/mol. The molecule has 1 aromatic rings. The molecule has 0 fully saturated rings. The molecule has 0 bridgehead atoms. The smallest absolute Gasteiger partial charge is 0.130 e. The molecule has 1 rings (SSSR count). The Morgan fingerprint density at radius 3 is 2.70 bits per heavy atom. The summed E-state index contributed by atoms with van der Waals surface area (Å²) in [5.41, 5.74) is 0.357. The van der Waals surface area contributed by atoms with Crippen LogP contribution in [-0.2, 0) is 16.0 Å². The molecule has 6 heteroatoms. The maximum atomic E-state index is 13.3. The van der Waals surface area contributed by atoms with Crippen LogP contribution in [0.2, 0.25) is 0 Å². The number of nitrogens with one attached hydrogen (secondary N) is 1. The molecule has 1 unspecified atom stereocenters. The number of hydrogen-bond acceptors (Lipinski definition) is 4. The molecule has 0 aliphatic rings. The molecule has 0 heterocycles. The van der Waals surface area contributed by atoms with Crippen molar-refractivity contribution in [2.75, 3.05) is 33.0 Å². The summed E-state index contributed by atoms with van der Waals surface area (Å²) < 4.78 is 36.3. The van der Waals surface area contributed by atoms with Gasteiger partial charge in [0.2, 0.25) is 0 Å². The molecule has 0 radical (unpaired) electrons. The van der Waals surface area contributed by atoms with Gasteiger partial charge in [-0.05, 0) is 13.0 Å². The second kappa shape index (κ2) is 9.77. The molecule has 4 nitrogen and oxygen atoms in total. The van der Waals surface area contributed by atoms with Crippen molar-refractivity contribution in [3.8, 4) is 0 Å². The third kappa shape index (κ3) is 6.91. The summed E-state index contributed by atoms with van der Waals surface area (Å²) in [6, 6.07) is 3.42. The Morgan fingerprint density at radius 1 is 1.25 bits per heavy atom. The first-order valence-electron chi connectivity index (χ1n) is 6.61. The second-order valence-corrected chi connectivity index (χ2v) is 4.29. The van der Waals surface area contributed by atoms with E-state index in [1.165, 1.54) is 12.1 Å². The predicted molar refractivity (Wildman–Crippen MR) is 71.4 cm³/mol. The van der Waals surface area contributed by atoms with Crippen LogP contribution >= 0.6 is 0 Å². The van der Waals surface area contributed by atoms with Crippen LogP contribution in [0.4, 0.5) is 8.78 Å². The van der Waals surface area contributed by atoms with Crippen molar-refractivity contribution in [2.45, 2.75) is 19.6 Å². The maximum Gasteiger partial charge on any atom is 0.130 e. The first kappa shape index (κ1) is 17.0. The van der Waals surface area contributed by atoms with Crippen molar-refractivity contribution in [1.82, 2.24) is 5.32 Å². The second-order valence-electron chi connectivity index (χ2n) is 4.29. The Labute approximate surface area is 117 Å². The minimum atomic E-state index is -0.680. The molecule has 1 aromatic carbocycles. The molecule has 0 amide bonds. The fourth-order valence-electron chi connectivity index (χ4n) is 1.58. The van der Waals surface area contributed by atoms with Crippen molar-refractivity contribution < 1.29 is 23.4 Å². The molecule has 0 spiro atoms. The van der Waals surface area contributed by atoms with Crippen LogP contribution in [0.25, 0.3) is 0 Å². The summed E-state index contributed by atoms with van der Waals surface area (Å²) in [4.78, 5) is 0. The summed E-state index contributed by atoms with van der Waals surface area (Å²) in [5, 5.41) is 12.5. The van der Waals surface area contributed by atoms with Crippen LogP contribution in [0.5, 0.6) is 0 Å². The lowest BCUT2D eigenvalue weighted by Crippen LogP contribution is -2.30. The normalized spacial score (nSPS) is 12.6. The highest BCUT2D eigenvalue weighted by molar-refractivity contribution is 5.18. The summed E-state index contributed by atoms with van der Waals surface area (Å²) in [5.74, 6) is -1.20. The van der Waals surface area contributed by atoms with E-state index in [4.69, 9.17) is 9.47 Å². The largest absolute Gasteiger partial charge is 0.389 e. The van der Waals surface area contributed by atoms with Gasteiger partial charge < -0.3 is 19.9 Å². The van der Waals surface area contributed by atoms with Crippen molar-refractivity contribution in [2.24, 2.45) is 0 Å². The van der Waals surface area contributed by atoms with E-state index in [-0.39, 0.29) is 19.7 Å². The Balaban J connectivity index is 2.13. The van der Waals surface area contributed by atoms with Crippen LogP contribution in [-0.4, -0.2) is 44.2 Å². The Kier molecular flexibility index (Phi) is 8.29. The lowest BCUT2D eigenvalue weighted by Gasteiger charge is -2.12. The van der Waals surface area contributed by atoms with Crippen molar-refractivity contribution in [1.29, 1.82) is 0 Å². The third-order valence-electron chi connectivity index (χ3n) is 2.60. The zero-order valence-corrected chi connectivity index (χ0v) is 11.6. The van der Waals surface area contributed by atoms with Gasteiger partial charge in [0.05, 0.1) is 25.9 Å². The molecular formula is C14H21F2NO3. The lowest BCUT2D eigenvalue weighted by atomic mass is 10.2. The Morgan fingerprint density at radius 2 is 2.00 bits per heavy atom. The molecule has 0 saturated heterocycles. The molecule has 0 aliphatic heterocycles. The van der Waals surface area contributed by atoms with Crippen molar-refractivity contribution >= 4 is 0 Å². The SMILES string of the molecule is CCOCCOCC(O)CNCc1ccc(F)cc1F. The van der Waals surface area contributed by atoms with Crippen molar-refractivity contribution in [3.63, 3.8) is 0 Å². The molecule has 0 saturated carbocycles. The molecule has 20 heavy (non-hydrogen) atoms. The van der Waals surface area contributed by atoms with E-state index in [2.05, 4.69) is 5.32 Å². The van der Waals surface area contributed by atoms with Gasteiger partial charge in [-0.3, -0.25) is 0 Å². The Bertz CT molecular complexity index is 391. The van der Waals surface area contributed by atoms with Gasteiger partial charge in [-0.25, -0.2) is 8.78 Å². The van der Waals surface area contributed by atoms with Gasteiger partial charge in [0.15, 0.2) is 0 Å². The average molecular weight is 289 g/mol. The van der Waals surface area contributed by atoms with Gasteiger partial charge in [-0.1, -0.05) is 6.07 Å². The molecular weight excluding hydrogens is 268 g/mol. The van der Waals surface area contributed by atoms with Gasteiger partial charge in [-0.2, -0.15) is 0 Å². The van der Waals surface area contributed by atoms with Gasteiger partial charge in [0, 0.05) is 31.3 Å². The number of benzene rings is 1. The number of ether oxygens (including phenoxy) is 2. The van der Waals surface area contributed by atoms with E-state index in [9.17, 15) is 13.9 Å². The zero-order chi connectivity index (χ0) is 14.8. The summed E-state index contributed by atoms with van der Waals surface area (Å²) >= 11 is 0. The van der Waals surface area contributed by atoms with E-state index in [1.807, 2.05) is 6.92 Å². The minimum absolute atomic E-state index is 0.186. The number of aliphatic hydroxyl groups excluding tert-OH is 1. The van der Waals surface area contributed by atoms with E-state index < -0.39 is 17.7 Å². The van der Waals surface area contributed by atoms with Crippen LogP contribution < -0.4 is 5.32 Å². The van der Waals surface area contributed by atoms with E-state index in [1.54, 1.807) is 0 Å². The first-order chi connectivity index (χ1) is 9.63. The minimum Gasteiger partial charge on any atom is -0.389 e. The Hall–Kier alpha value is -1.08. The highest BCUT2D eigenvalue weighted by Crippen LogP contribution is 2.08. The number of hydrogen-bond donors (Lipinski definition) is 2. The van der Waals surface area contributed by atoms with Crippen LogP contribution in [0.3, 0.4) is 0 Å². The number of rotatable bonds is 10. The molecule has 2 N–H and O–H groups in total. The number of aliphatic hydroxyl groups is 1. The highest BCUT2D eigenvalue weighted by atomic mass is 19.1. The standard InChI is InChI=1S/C14H21F2NO3/c1-2-19-5-6-20-10-13(18)9-17-8-11-3-4-12(15)7-14(11)16/h3-4,7,13,17-18H,2,5-6,8-10H2,1H3. The van der Waals surface area contributed by atoms with E-state index in [0.29, 0.717) is 25.4 Å². The summed E-state index contributed by atoms with van der Waals surface area (Å²) in [7, 11) is 0. The maximum absolute atomic E-state index is 13.3. The quantitative estimate of drug-likeness (QED) is 0.640. The molecule has 0 aromatic heterocycles. The van der Waals surface area contributed by atoms with Crippen LogP contribution in [0.1, 0.15) is 12.5 Å². The first-order valence-corrected chi connectivity index (χ1v) is 6.61. The predicted octanol–water partition coefficient (Wildman–Crippen LogP) is 1.47. The fraction of sp³-hybridized carbons (Fsp3) is 0.571. The summed E-state index contributed by atoms with van der Waals surface area (Å²) in [6.45, 7) is 4.14. The average Bonchev–Trinajstić information content (AvgIpc) is 2.41. The van der Waals surface area contributed by atoms with Crippen LogP contribution in [0.15, 0.2) is 18.2 Å². The molecule has 0 aliphatic carbocycles. The topological polar surface area (TPSA) is 50.7 Å². The summed E-state index contributed by atoms with van der Waals surface area (Å²) in [6.07, 6.45) is -0.680. The fourth-order valence-corrected chi connectivity index (χ4v) is 1.58. The number of halogens is 2. The third-order valence-corrected chi connectivity index (χ3v) is 2.60. The van der Waals surface area contributed by atoms with Gasteiger partial charge in [-0.15, -0.1) is 0 Å². The van der Waals surface area contributed by atoms with E-state index >= 15 is 0 Å². The van der Waals surface area contributed by atoms with Gasteiger partial charge in [0.1, 0.15) is 11.6 Å². The lowest BCUT2D eigenvalue weighted by molar-refractivity contribution is 0.00641.